The molecule has 0 fully saturated rings. The van der Waals surface area contributed by atoms with E-state index in [0.717, 1.165) is 43.0 Å². The molecule has 0 aliphatic heterocycles. The van der Waals surface area contributed by atoms with Crippen LogP contribution in [-0.2, 0) is 0 Å². The summed E-state index contributed by atoms with van der Waals surface area (Å²) < 4.78 is 13.9. The number of nitrogens with one attached hydrogen (secondary N) is 2. The lowest BCUT2D eigenvalue weighted by atomic mass is 10.0. The number of halogens is 1. The minimum absolute atomic E-state index is 0.0550. The fourth-order valence-electron chi connectivity index (χ4n) is 3.57. The molecule has 2 N–H and O–H groups in total. The van der Waals surface area contributed by atoms with E-state index in [0.29, 0.717) is 16.5 Å². The van der Waals surface area contributed by atoms with Gasteiger partial charge in [-0.25, -0.2) is 9.37 Å². The molecule has 0 spiro atoms. The molecule has 0 radical (unpaired) electrons. The molecule has 3 rings (SSSR count). The molecule has 1 aromatic carbocycles. The Morgan fingerprint density at radius 1 is 1.24 bits per heavy atom. The summed E-state index contributed by atoms with van der Waals surface area (Å²) in [6.07, 6.45) is 1.98. The molecule has 2 heterocycles. The molecule has 3 aromatic rings. The first-order chi connectivity index (χ1) is 14.0. The van der Waals surface area contributed by atoms with Crippen molar-refractivity contribution < 1.29 is 14.1 Å². The number of hydrogen-bond acceptors (Lipinski definition) is 3. The third-order valence-corrected chi connectivity index (χ3v) is 6.23. The normalized spacial score (nSPS) is 12.4. The van der Waals surface area contributed by atoms with Crippen LogP contribution in [0.15, 0.2) is 41.8 Å². The van der Waals surface area contributed by atoms with Crippen molar-refractivity contribution in [1.82, 2.24) is 10.3 Å². The zero-order valence-corrected chi connectivity index (χ0v) is 18.1. The molecule has 0 bridgehead atoms. The van der Waals surface area contributed by atoms with Gasteiger partial charge in [0, 0.05) is 11.4 Å². The summed E-state index contributed by atoms with van der Waals surface area (Å²) in [5, 5.41) is 5.62. The van der Waals surface area contributed by atoms with Crippen molar-refractivity contribution >= 4 is 28.1 Å². The average Bonchev–Trinajstić information content (AvgIpc) is 3.25. The van der Waals surface area contributed by atoms with Crippen LogP contribution in [0.25, 0.3) is 21.5 Å². The van der Waals surface area contributed by atoms with Crippen LogP contribution in [0.1, 0.15) is 44.0 Å². The summed E-state index contributed by atoms with van der Waals surface area (Å²) >= 11 is 1.57. The quantitative estimate of drug-likeness (QED) is 0.557. The number of fused-ring (bicyclic) bond motifs is 1. The Balaban J connectivity index is 1.80. The third kappa shape index (κ3) is 5.40. The predicted octanol–water partition coefficient (Wildman–Crippen LogP) is 3.93. The van der Waals surface area contributed by atoms with Gasteiger partial charge in [0.15, 0.2) is 0 Å². The number of amides is 1. The number of aromatic nitrogens is 1. The van der Waals surface area contributed by atoms with Crippen molar-refractivity contribution in [3.63, 3.8) is 0 Å². The van der Waals surface area contributed by atoms with E-state index in [9.17, 15) is 9.18 Å². The van der Waals surface area contributed by atoms with Gasteiger partial charge in [-0.3, -0.25) is 4.79 Å². The van der Waals surface area contributed by atoms with Gasteiger partial charge < -0.3 is 10.2 Å². The number of benzene rings is 1. The second-order valence-corrected chi connectivity index (χ2v) is 8.37. The molecular formula is C23H29FN3OS+. The maximum absolute atomic E-state index is 13.9. The summed E-state index contributed by atoms with van der Waals surface area (Å²) in [7, 11) is 0. The van der Waals surface area contributed by atoms with Gasteiger partial charge in [-0.2, -0.15) is 0 Å². The Kier molecular flexibility index (Phi) is 7.34. The maximum Gasteiger partial charge on any atom is 0.252 e. The van der Waals surface area contributed by atoms with E-state index in [-0.39, 0.29) is 17.8 Å². The predicted molar refractivity (Wildman–Crippen MR) is 118 cm³/mol. The zero-order chi connectivity index (χ0) is 20.8. The Morgan fingerprint density at radius 2 is 2.03 bits per heavy atom. The van der Waals surface area contributed by atoms with Gasteiger partial charge in [0.25, 0.3) is 5.91 Å². The number of hydrogen-bond donors (Lipinski definition) is 2. The average molecular weight is 415 g/mol. The fourth-order valence-corrected chi connectivity index (χ4v) is 4.26. The van der Waals surface area contributed by atoms with E-state index in [1.165, 1.54) is 12.1 Å². The molecule has 0 saturated heterocycles. The van der Waals surface area contributed by atoms with Crippen LogP contribution in [0.4, 0.5) is 4.39 Å². The van der Waals surface area contributed by atoms with Gasteiger partial charge in [-0.15, -0.1) is 11.3 Å². The number of rotatable bonds is 9. The maximum atomic E-state index is 13.9. The van der Waals surface area contributed by atoms with E-state index in [2.05, 4.69) is 24.1 Å². The summed E-state index contributed by atoms with van der Waals surface area (Å²) in [5.41, 5.74) is 1.83. The number of quaternary nitrogens is 1. The lowest BCUT2D eigenvalue weighted by molar-refractivity contribution is -0.896. The van der Waals surface area contributed by atoms with Gasteiger partial charge in [0.1, 0.15) is 5.82 Å². The molecule has 4 nitrogen and oxygen atoms in total. The highest BCUT2D eigenvalue weighted by atomic mass is 32.1. The lowest BCUT2D eigenvalue weighted by Crippen LogP contribution is -3.11. The summed E-state index contributed by atoms with van der Waals surface area (Å²) in [4.78, 5) is 20.2. The largest absolute Gasteiger partial charge is 0.350 e. The Morgan fingerprint density at radius 3 is 2.72 bits per heavy atom. The van der Waals surface area contributed by atoms with Crippen molar-refractivity contribution in [3.05, 3.63) is 53.2 Å². The minimum atomic E-state index is -0.368. The molecule has 29 heavy (non-hydrogen) atoms. The van der Waals surface area contributed by atoms with E-state index in [1.54, 1.807) is 28.4 Å². The first-order valence-corrected chi connectivity index (χ1v) is 11.2. The van der Waals surface area contributed by atoms with E-state index in [4.69, 9.17) is 0 Å². The molecule has 0 unspecified atom stereocenters. The van der Waals surface area contributed by atoms with Gasteiger partial charge >= 0.3 is 0 Å². The van der Waals surface area contributed by atoms with Crippen molar-refractivity contribution in [2.75, 3.05) is 19.6 Å². The standard InChI is InChI=1S/C23H28FN3OS/c1-4-27(5-2)12-6-8-16(3)25-23(28)19-15-21(22-9-7-13-29-22)26-20-11-10-17(24)14-18(19)20/h7,9-11,13-16H,4-6,8,12H2,1-3H3,(H,25,28)/p+1/t16-/m0/s1. The Bertz CT molecular complexity index is 954. The van der Waals surface area contributed by atoms with Gasteiger partial charge in [-0.1, -0.05) is 6.07 Å². The summed E-state index contributed by atoms with van der Waals surface area (Å²) in [6, 6.07) is 10.2. The topological polar surface area (TPSA) is 46.4 Å². The third-order valence-electron chi connectivity index (χ3n) is 5.33. The summed E-state index contributed by atoms with van der Waals surface area (Å²) in [5.74, 6) is -0.545. The number of carbonyl (C=O) groups excluding carboxylic acids is 1. The van der Waals surface area contributed by atoms with Crippen LogP contribution in [0, 0.1) is 5.82 Å². The number of carbonyl (C=O) groups is 1. The number of thiophene rings is 1. The van der Waals surface area contributed by atoms with Crippen molar-refractivity contribution in [2.45, 2.75) is 39.7 Å². The highest BCUT2D eigenvalue weighted by Crippen LogP contribution is 2.28. The number of pyridine rings is 1. The van der Waals surface area contributed by atoms with Crippen LogP contribution in [0.2, 0.25) is 0 Å². The van der Waals surface area contributed by atoms with Gasteiger partial charge in [0.05, 0.1) is 41.3 Å². The molecule has 2 aromatic heterocycles. The highest BCUT2D eigenvalue weighted by molar-refractivity contribution is 7.13. The summed E-state index contributed by atoms with van der Waals surface area (Å²) in [6.45, 7) is 9.78. The van der Waals surface area contributed by atoms with Crippen LogP contribution in [0.3, 0.4) is 0 Å². The molecule has 0 saturated carbocycles. The van der Waals surface area contributed by atoms with E-state index in [1.807, 2.05) is 24.4 Å². The molecule has 1 atom stereocenters. The molecule has 6 heteroatoms. The second kappa shape index (κ2) is 9.94. The minimum Gasteiger partial charge on any atom is -0.350 e. The highest BCUT2D eigenvalue weighted by Gasteiger charge is 2.17. The first-order valence-electron chi connectivity index (χ1n) is 10.3. The SMILES string of the molecule is CC[NH+](CC)CCC[C@H](C)NC(=O)c1cc(-c2cccs2)nc2ccc(F)cc12. The first kappa shape index (κ1) is 21.4. The Labute approximate surface area is 175 Å². The van der Waals surface area contributed by atoms with Crippen LogP contribution >= 0.6 is 11.3 Å². The van der Waals surface area contributed by atoms with Gasteiger partial charge in [-0.05, 0) is 69.3 Å². The van der Waals surface area contributed by atoms with Crippen LogP contribution < -0.4 is 10.2 Å². The lowest BCUT2D eigenvalue weighted by Gasteiger charge is -2.18. The molecular weight excluding hydrogens is 385 g/mol. The van der Waals surface area contributed by atoms with Crippen molar-refractivity contribution in [1.29, 1.82) is 0 Å². The number of nitrogens with zero attached hydrogens (tertiary/aromatic N) is 1. The molecule has 1 amide bonds. The molecule has 0 aliphatic carbocycles. The van der Waals surface area contributed by atoms with Crippen LogP contribution in [0.5, 0.6) is 0 Å². The Hall–Kier alpha value is -2.31. The van der Waals surface area contributed by atoms with Gasteiger partial charge in [0.2, 0.25) is 0 Å². The zero-order valence-electron chi connectivity index (χ0n) is 17.3. The van der Waals surface area contributed by atoms with E-state index >= 15 is 0 Å². The van der Waals surface area contributed by atoms with Crippen molar-refractivity contribution in [2.24, 2.45) is 0 Å². The molecule has 154 valence electrons. The fraction of sp³-hybridized carbons (Fsp3) is 0.391. The van der Waals surface area contributed by atoms with Crippen LogP contribution in [-0.4, -0.2) is 36.6 Å². The van der Waals surface area contributed by atoms with Crippen molar-refractivity contribution in [3.8, 4) is 10.6 Å². The van der Waals surface area contributed by atoms with E-state index < -0.39 is 0 Å². The second-order valence-electron chi connectivity index (χ2n) is 7.42. The smallest absolute Gasteiger partial charge is 0.252 e. The monoisotopic (exact) mass is 414 g/mol. The molecule has 0 aliphatic rings.